The summed E-state index contributed by atoms with van der Waals surface area (Å²) in [5.41, 5.74) is 6.77. The van der Waals surface area contributed by atoms with Crippen LogP contribution in [0.5, 0.6) is 5.75 Å². The zero-order valence-corrected chi connectivity index (χ0v) is 14.7. The van der Waals surface area contributed by atoms with Crippen LogP contribution in [0.2, 0.25) is 0 Å². The fraction of sp³-hybridized carbons (Fsp3) is 0. The maximum atomic E-state index is 13.1. The van der Waals surface area contributed by atoms with Crippen molar-refractivity contribution in [1.29, 1.82) is 0 Å². The Labute approximate surface area is 160 Å². The Morgan fingerprint density at radius 2 is 1.36 bits per heavy atom. The van der Waals surface area contributed by atoms with Crippen LogP contribution in [0.15, 0.2) is 72.9 Å². The average molecular weight is 369 g/mol. The standard InChI is InChI=1S/C22H15N3O3/c23-22-24-12-17-15(19(26)13-7-3-1-4-8-13)11-16(21(28)18(17)25-22)20(27)14-9-5-2-6-10-14/h1-12,28H,(H2,23,24,25). The number of phenols is 1. The molecule has 1 heterocycles. The molecule has 0 saturated heterocycles. The third kappa shape index (κ3) is 2.97. The van der Waals surface area contributed by atoms with Crippen LogP contribution in [0.1, 0.15) is 31.8 Å². The van der Waals surface area contributed by atoms with E-state index in [9.17, 15) is 14.7 Å². The summed E-state index contributed by atoms with van der Waals surface area (Å²) in [6, 6.07) is 18.6. The Kier molecular flexibility index (Phi) is 4.29. The van der Waals surface area contributed by atoms with Crippen LogP contribution in [-0.4, -0.2) is 26.6 Å². The minimum absolute atomic E-state index is 0.0175. The van der Waals surface area contributed by atoms with Gasteiger partial charge in [0.2, 0.25) is 5.95 Å². The largest absolute Gasteiger partial charge is 0.505 e. The van der Waals surface area contributed by atoms with Crippen molar-refractivity contribution in [3.63, 3.8) is 0 Å². The number of nitrogens with zero attached hydrogens (tertiary/aromatic N) is 2. The van der Waals surface area contributed by atoms with E-state index in [-0.39, 0.29) is 34.1 Å². The van der Waals surface area contributed by atoms with Gasteiger partial charge in [-0.05, 0) is 6.07 Å². The summed E-state index contributed by atoms with van der Waals surface area (Å²) >= 11 is 0. The van der Waals surface area contributed by atoms with Gasteiger partial charge >= 0.3 is 0 Å². The Balaban J connectivity index is 1.98. The minimum atomic E-state index is -0.417. The predicted molar refractivity (Wildman–Crippen MR) is 105 cm³/mol. The van der Waals surface area contributed by atoms with Crippen molar-refractivity contribution >= 4 is 28.4 Å². The molecule has 0 radical (unpaired) electrons. The molecule has 0 bridgehead atoms. The minimum Gasteiger partial charge on any atom is -0.505 e. The van der Waals surface area contributed by atoms with E-state index in [4.69, 9.17) is 5.73 Å². The molecule has 3 aromatic carbocycles. The molecule has 0 aliphatic heterocycles. The Hall–Kier alpha value is -4.06. The van der Waals surface area contributed by atoms with Gasteiger partial charge in [0.15, 0.2) is 17.3 Å². The highest BCUT2D eigenvalue weighted by Gasteiger charge is 2.23. The second kappa shape index (κ2) is 6.92. The number of nitrogen functional groups attached to an aromatic ring is 1. The first-order valence-corrected chi connectivity index (χ1v) is 8.54. The van der Waals surface area contributed by atoms with E-state index < -0.39 is 5.78 Å². The number of aromatic nitrogens is 2. The topological polar surface area (TPSA) is 106 Å². The molecule has 0 unspecified atom stereocenters. The van der Waals surface area contributed by atoms with Crippen molar-refractivity contribution < 1.29 is 14.7 Å². The van der Waals surface area contributed by atoms with Gasteiger partial charge in [0.1, 0.15) is 5.52 Å². The van der Waals surface area contributed by atoms with Gasteiger partial charge in [-0.2, -0.15) is 0 Å². The molecule has 0 amide bonds. The van der Waals surface area contributed by atoms with Crippen molar-refractivity contribution in [1.82, 2.24) is 9.97 Å². The quantitative estimate of drug-likeness (QED) is 0.534. The second-order valence-electron chi connectivity index (χ2n) is 6.20. The molecule has 0 spiro atoms. The van der Waals surface area contributed by atoms with Crippen molar-refractivity contribution in [3.8, 4) is 5.75 Å². The summed E-state index contributed by atoms with van der Waals surface area (Å²) in [4.78, 5) is 34.0. The van der Waals surface area contributed by atoms with Crippen molar-refractivity contribution in [2.75, 3.05) is 5.73 Å². The lowest BCUT2D eigenvalue weighted by atomic mass is 9.93. The monoisotopic (exact) mass is 369 g/mol. The molecule has 28 heavy (non-hydrogen) atoms. The van der Waals surface area contributed by atoms with Crippen LogP contribution in [0.3, 0.4) is 0 Å². The van der Waals surface area contributed by atoms with Crippen LogP contribution in [0.25, 0.3) is 10.9 Å². The lowest BCUT2D eigenvalue weighted by Gasteiger charge is -2.12. The van der Waals surface area contributed by atoms with Gasteiger partial charge in [-0.25, -0.2) is 9.97 Å². The third-order valence-corrected chi connectivity index (χ3v) is 4.43. The smallest absolute Gasteiger partial charge is 0.220 e. The van der Waals surface area contributed by atoms with Crippen LogP contribution < -0.4 is 5.73 Å². The molecule has 0 saturated carbocycles. The van der Waals surface area contributed by atoms with E-state index in [1.54, 1.807) is 60.7 Å². The fourth-order valence-corrected chi connectivity index (χ4v) is 3.04. The van der Waals surface area contributed by atoms with Crippen LogP contribution in [0.4, 0.5) is 5.95 Å². The number of benzene rings is 3. The number of rotatable bonds is 4. The van der Waals surface area contributed by atoms with E-state index in [1.165, 1.54) is 12.3 Å². The van der Waals surface area contributed by atoms with Crippen LogP contribution in [-0.2, 0) is 0 Å². The molecule has 0 aliphatic rings. The van der Waals surface area contributed by atoms with E-state index in [0.29, 0.717) is 16.5 Å². The summed E-state index contributed by atoms with van der Waals surface area (Å²) in [6.45, 7) is 0. The Bertz CT molecular complexity index is 1210. The molecule has 136 valence electrons. The summed E-state index contributed by atoms with van der Waals surface area (Å²) in [7, 11) is 0. The lowest BCUT2D eigenvalue weighted by molar-refractivity contribution is 0.103. The van der Waals surface area contributed by atoms with E-state index in [2.05, 4.69) is 9.97 Å². The van der Waals surface area contributed by atoms with Crippen molar-refractivity contribution in [3.05, 3.63) is 95.2 Å². The highest BCUT2D eigenvalue weighted by molar-refractivity contribution is 6.21. The van der Waals surface area contributed by atoms with Crippen LogP contribution in [0, 0.1) is 0 Å². The number of fused-ring (bicyclic) bond motifs is 1. The highest BCUT2D eigenvalue weighted by atomic mass is 16.3. The Morgan fingerprint density at radius 3 is 1.93 bits per heavy atom. The number of anilines is 1. The summed E-state index contributed by atoms with van der Waals surface area (Å²) < 4.78 is 0. The maximum Gasteiger partial charge on any atom is 0.220 e. The number of nitrogens with two attached hydrogens (primary N) is 1. The number of carbonyl (C=O) groups excluding carboxylic acids is 2. The first-order valence-electron chi connectivity index (χ1n) is 8.54. The summed E-state index contributed by atoms with van der Waals surface area (Å²) in [6.07, 6.45) is 1.38. The average Bonchev–Trinajstić information content (AvgIpc) is 2.74. The zero-order chi connectivity index (χ0) is 19.7. The number of aromatic hydroxyl groups is 1. The molecule has 6 nitrogen and oxygen atoms in total. The highest BCUT2D eigenvalue weighted by Crippen LogP contribution is 2.33. The van der Waals surface area contributed by atoms with E-state index in [0.717, 1.165) is 0 Å². The van der Waals surface area contributed by atoms with Crippen molar-refractivity contribution in [2.24, 2.45) is 0 Å². The van der Waals surface area contributed by atoms with Gasteiger partial charge in [0, 0.05) is 28.3 Å². The van der Waals surface area contributed by atoms with E-state index in [1.807, 2.05) is 0 Å². The normalized spacial score (nSPS) is 10.7. The maximum absolute atomic E-state index is 13.1. The van der Waals surface area contributed by atoms with Gasteiger partial charge < -0.3 is 10.8 Å². The van der Waals surface area contributed by atoms with Gasteiger partial charge in [-0.3, -0.25) is 9.59 Å². The Morgan fingerprint density at radius 1 is 0.821 bits per heavy atom. The lowest BCUT2D eigenvalue weighted by Crippen LogP contribution is -2.09. The number of hydrogen-bond donors (Lipinski definition) is 2. The SMILES string of the molecule is Nc1ncc2c(C(=O)c3ccccc3)cc(C(=O)c3ccccc3)c(O)c2n1. The fourth-order valence-electron chi connectivity index (χ4n) is 3.04. The summed E-state index contributed by atoms with van der Waals surface area (Å²) in [5.74, 6) is -1.12. The third-order valence-electron chi connectivity index (χ3n) is 4.43. The van der Waals surface area contributed by atoms with Crippen LogP contribution >= 0.6 is 0 Å². The second-order valence-corrected chi connectivity index (χ2v) is 6.20. The van der Waals surface area contributed by atoms with Crippen molar-refractivity contribution in [2.45, 2.75) is 0 Å². The first-order chi connectivity index (χ1) is 13.6. The zero-order valence-electron chi connectivity index (χ0n) is 14.7. The molecular formula is C22H15N3O3. The molecule has 6 heteroatoms. The summed E-state index contributed by atoms with van der Waals surface area (Å²) in [5, 5.41) is 11.0. The molecule has 1 aromatic heterocycles. The molecule has 3 N–H and O–H groups in total. The van der Waals surface area contributed by atoms with E-state index >= 15 is 0 Å². The number of carbonyl (C=O) groups is 2. The van der Waals surface area contributed by atoms with Gasteiger partial charge in [0.25, 0.3) is 0 Å². The van der Waals surface area contributed by atoms with Gasteiger partial charge in [-0.15, -0.1) is 0 Å². The number of ketones is 2. The molecule has 0 aliphatic carbocycles. The first kappa shape index (κ1) is 17.4. The molecular weight excluding hydrogens is 354 g/mol. The van der Waals surface area contributed by atoms with Gasteiger partial charge in [-0.1, -0.05) is 60.7 Å². The molecule has 0 atom stereocenters. The number of hydrogen-bond acceptors (Lipinski definition) is 6. The molecule has 0 fully saturated rings. The molecule has 4 aromatic rings. The number of phenolic OH excluding ortho intramolecular Hbond substituents is 1. The molecule has 4 rings (SSSR count). The van der Waals surface area contributed by atoms with Gasteiger partial charge in [0.05, 0.1) is 5.56 Å². The predicted octanol–water partition coefficient (Wildman–Crippen LogP) is 3.38.